The van der Waals surface area contributed by atoms with Crippen LogP contribution in [0.25, 0.3) is 0 Å². The molecule has 1 saturated heterocycles. The maximum absolute atomic E-state index is 12.9. The lowest BCUT2D eigenvalue weighted by Crippen LogP contribution is -2.34. The van der Waals surface area contributed by atoms with Gasteiger partial charge in [0.05, 0.1) is 0 Å². The molecular weight excluding hydrogens is 418 g/mol. The van der Waals surface area contributed by atoms with Gasteiger partial charge in [0.15, 0.2) is 5.13 Å². The number of anilines is 2. The molecule has 1 amide bonds. The summed E-state index contributed by atoms with van der Waals surface area (Å²) in [6.45, 7) is 2.57. The number of carbonyl (C=O) groups excluding carboxylic acids is 1. The molecular formula is C25H25N5OS. The zero-order chi connectivity index (χ0) is 21.8. The van der Waals surface area contributed by atoms with E-state index < -0.39 is 0 Å². The fourth-order valence-electron chi connectivity index (χ4n) is 4.25. The van der Waals surface area contributed by atoms with Crippen LogP contribution in [0.2, 0.25) is 0 Å². The lowest BCUT2D eigenvalue weighted by Gasteiger charge is -2.33. The molecule has 6 nitrogen and oxygen atoms in total. The van der Waals surface area contributed by atoms with Crippen LogP contribution in [0.15, 0.2) is 78.6 Å². The molecule has 5 rings (SSSR count). The first kappa shape index (κ1) is 20.5. The van der Waals surface area contributed by atoms with Crippen molar-refractivity contribution in [1.29, 1.82) is 0 Å². The Morgan fingerprint density at radius 1 is 1.09 bits per heavy atom. The van der Waals surface area contributed by atoms with Crippen molar-refractivity contribution >= 4 is 28.2 Å². The van der Waals surface area contributed by atoms with Crippen LogP contribution in [0.1, 0.15) is 40.4 Å². The Bertz CT molecular complexity index is 1170. The predicted octanol–water partition coefficient (Wildman–Crippen LogP) is 5.02. The van der Waals surface area contributed by atoms with E-state index in [1.807, 2.05) is 40.4 Å². The fourth-order valence-corrected chi connectivity index (χ4v) is 4.97. The molecule has 1 atom stereocenters. The van der Waals surface area contributed by atoms with Crippen molar-refractivity contribution in [1.82, 2.24) is 14.5 Å². The van der Waals surface area contributed by atoms with Crippen molar-refractivity contribution in [3.05, 3.63) is 95.4 Å². The first-order valence-corrected chi connectivity index (χ1v) is 11.7. The molecule has 0 spiro atoms. The standard InChI is InChI=1S/C25H25N5OS/c31-24(22-9-5-14-29(22)16-19-10-12-26-13-11-19)28-25-27-23(18-32-25)30-15-4-8-21(17-30)20-6-2-1-3-7-20/h1-3,5-7,9-14,18,21H,4,8,15-17H2,(H,27,28,31). The van der Waals surface area contributed by atoms with Crippen molar-refractivity contribution in [2.45, 2.75) is 25.3 Å². The number of aromatic nitrogens is 3. The number of rotatable bonds is 6. The second kappa shape index (κ2) is 9.36. The summed E-state index contributed by atoms with van der Waals surface area (Å²) < 4.78 is 1.94. The quantitative estimate of drug-likeness (QED) is 0.454. The Labute approximate surface area is 191 Å². The highest BCUT2D eigenvalue weighted by atomic mass is 32.1. The van der Waals surface area contributed by atoms with E-state index in [0.29, 0.717) is 23.3 Å². The summed E-state index contributed by atoms with van der Waals surface area (Å²) in [5, 5.41) is 5.65. The minimum Gasteiger partial charge on any atom is -0.355 e. The van der Waals surface area contributed by atoms with Crippen molar-refractivity contribution in [3.8, 4) is 0 Å². The SMILES string of the molecule is O=C(Nc1nc(N2CCCC(c3ccccc3)C2)cs1)c1cccn1Cc1ccncc1. The lowest BCUT2D eigenvalue weighted by molar-refractivity contribution is 0.101. The third kappa shape index (κ3) is 4.57. The number of benzene rings is 1. The van der Waals surface area contributed by atoms with Gasteiger partial charge in [0.2, 0.25) is 0 Å². The average Bonchev–Trinajstić information content (AvgIpc) is 3.50. The van der Waals surface area contributed by atoms with Gasteiger partial charge in [-0.15, -0.1) is 11.3 Å². The Balaban J connectivity index is 1.25. The summed E-state index contributed by atoms with van der Waals surface area (Å²) in [6, 6.07) is 18.3. The number of piperidine rings is 1. The van der Waals surface area contributed by atoms with E-state index >= 15 is 0 Å². The van der Waals surface area contributed by atoms with Crippen LogP contribution in [-0.2, 0) is 6.54 Å². The van der Waals surface area contributed by atoms with Gasteiger partial charge in [-0.05, 0) is 48.2 Å². The van der Waals surface area contributed by atoms with E-state index in [1.54, 1.807) is 12.4 Å². The number of nitrogens with zero attached hydrogens (tertiary/aromatic N) is 4. The molecule has 1 aliphatic rings. The molecule has 162 valence electrons. The molecule has 0 radical (unpaired) electrons. The van der Waals surface area contributed by atoms with E-state index in [2.05, 4.69) is 45.5 Å². The average molecular weight is 444 g/mol. The maximum Gasteiger partial charge on any atom is 0.274 e. The van der Waals surface area contributed by atoms with Crippen LogP contribution >= 0.6 is 11.3 Å². The van der Waals surface area contributed by atoms with Crippen LogP contribution in [0.4, 0.5) is 10.9 Å². The Kier molecular flexibility index (Phi) is 5.98. The first-order chi connectivity index (χ1) is 15.8. The molecule has 7 heteroatoms. The van der Waals surface area contributed by atoms with Gasteiger partial charge < -0.3 is 9.47 Å². The maximum atomic E-state index is 12.9. The van der Waals surface area contributed by atoms with Gasteiger partial charge in [0.25, 0.3) is 5.91 Å². The van der Waals surface area contributed by atoms with Crippen molar-refractivity contribution in [2.24, 2.45) is 0 Å². The second-order valence-electron chi connectivity index (χ2n) is 8.04. The van der Waals surface area contributed by atoms with Gasteiger partial charge in [-0.2, -0.15) is 0 Å². The van der Waals surface area contributed by atoms with Crippen molar-refractivity contribution in [2.75, 3.05) is 23.3 Å². The molecule has 3 aromatic heterocycles. The van der Waals surface area contributed by atoms with Gasteiger partial charge in [0.1, 0.15) is 11.5 Å². The zero-order valence-corrected chi connectivity index (χ0v) is 18.5. The van der Waals surface area contributed by atoms with Crippen molar-refractivity contribution < 1.29 is 4.79 Å². The molecule has 1 unspecified atom stereocenters. The summed E-state index contributed by atoms with van der Waals surface area (Å²) in [7, 11) is 0. The number of thiazole rings is 1. The third-order valence-corrected chi connectivity index (χ3v) is 6.64. The van der Waals surface area contributed by atoms with Gasteiger partial charge in [0, 0.05) is 49.5 Å². The van der Waals surface area contributed by atoms with Crippen LogP contribution in [0.3, 0.4) is 0 Å². The molecule has 4 heterocycles. The number of hydrogen-bond acceptors (Lipinski definition) is 5. The summed E-state index contributed by atoms with van der Waals surface area (Å²) >= 11 is 1.47. The van der Waals surface area contributed by atoms with Gasteiger partial charge in [-0.1, -0.05) is 30.3 Å². The monoisotopic (exact) mass is 443 g/mol. The van der Waals surface area contributed by atoms with Gasteiger partial charge >= 0.3 is 0 Å². The number of carbonyl (C=O) groups is 1. The Hall–Kier alpha value is -3.45. The van der Waals surface area contributed by atoms with Gasteiger partial charge in [-0.3, -0.25) is 15.1 Å². The summed E-state index contributed by atoms with van der Waals surface area (Å²) in [5.74, 6) is 1.31. The normalized spacial score (nSPS) is 16.1. The van der Waals surface area contributed by atoms with E-state index in [9.17, 15) is 4.79 Å². The Morgan fingerprint density at radius 3 is 2.78 bits per heavy atom. The highest BCUT2D eigenvalue weighted by Gasteiger charge is 2.23. The second-order valence-corrected chi connectivity index (χ2v) is 8.90. The molecule has 4 aromatic rings. The van der Waals surface area contributed by atoms with Crippen LogP contribution in [0, 0.1) is 0 Å². The number of pyridine rings is 1. The van der Waals surface area contributed by atoms with Crippen molar-refractivity contribution in [3.63, 3.8) is 0 Å². The minimum absolute atomic E-state index is 0.147. The smallest absolute Gasteiger partial charge is 0.274 e. The molecule has 1 aliphatic heterocycles. The van der Waals surface area contributed by atoms with Crippen LogP contribution < -0.4 is 10.2 Å². The molecule has 0 saturated carbocycles. The fraction of sp³-hybridized carbons (Fsp3) is 0.240. The largest absolute Gasteiger partial charge is 0.355 e. The number of nitrogens with one attached hydrogen (secondary N) is 1. The molecule has 32 heavy (non-hydrogen) atoms. The summed E-state index contributed by atoms with van der Waals surface area (Å²) in [4.78, 5) is 24.0. The van der Waals surface area contributed by atoms with E-state index in [-0.39, 0.29) is 5.91 Å². The molecule has 0 bridgehead atoms. The summed E-state index contributed by atoms with van der Waals surface area (Å²) in [5.41, 5.74) is 3.09. The molecule has 1 N–H and O–H groups in total. The number of amides is 1. The highest BCUT2D eigenvalue weighted by molar-refractivity contribution is 7.14. The highest BCUT2D eigenvalue weighted by Crippen LogP contribution is 2.31. The molecule has 1 aromatic carbocycles. The molecule has 1 fully saturated rings. The lowest BCUT2D eigenvalue weighted by atomic mass is 9.91. The molecule has 0 aliphatic carbocycles. The van der Waals surface area contributed by atoms with E-state index in [0.717, 1.165) is 30.9 Å². The van der Waals surface area contributed by atoms with Crippen LogP contribution in [0.5, 0.6) is 0 Å². The van der Waals surface area contributed by atoms with E-state index in [4.69, 9.17) is 4.98 Å². The summed E-state index contributed by atoms with van der Waals surface area (Å²) in [6.07, 6.45) is 7.78. The van der Waals surface area contributed by atoms with Gasteiger partial charge in [-0.25, -0.2) is 4.98 Å². The third-order valence-electron chi connectivity index (χ3n) is 5.89. The van der Waals surface area contributed by atoms with Crippen LogP contribution in [-0.4, -0.2) is 33.5 Å². The van der Waals surface area contributed by atoms with E-state index in [1.165, 1.54) is 23.3 Å². The zero-order valence-electron chi connectivity index (χ0n) is 17.7. The Morgan fingerprint density at radius 2 is 1.94 bits per heavy atom. The first-order valence-electron chi connectivity index (χ1n) is 10.9. The number of hydrogen-bond donors (Lipinski definition) is 1. The predicted molar refractivity (Wildman–Crippen MR) is 128 cm³/mol. The minimum atomic E-state index is -0.147. The topological polar surface area (TPSA) is 63.1 Å².